The molecule has 2 aliphatic heterocycles. The summed E-state index contributed by atoms with van der Waals surface area (Å²) in [5.74, 6) is -0.425. The van der Waals surface area contributed by atoms with Crippen LogP contribution in [0.25, 0.3) is 5.57 Å². The summed E-state index contributed by atoms with van der Waals surface area (Å²) in [5, 5.41) is 14.4. The minimum atomic E-state index is -0.768. The van der Waals surface area contributed by atoms with E-state index < -0.39 is 16.9 Å². The molecule has 0 radical (unpaired) electrons. The Morgan fingerprint density at radius 3 is 2.45 bits per heavy atom. The summed E-state index contributed by atoms with van der Waals surface area (Å²) in [6, 6.07) is 5.82. The van der Waals surface area contributed by atoms with Gasteiger partial charge in [0.25, 0.3) is 11.6 Å². The second-order valence-electron chi connectivity index (χ2n) is 7.64. The smallest absolute Gasteiger partial charge is 0.408 e. The summed E-state index contributed by atoms with van der Waals surface area (Å²) < 4.78 is 7.36. The first kappa shape index (κ1) is 19.1. The van der Waals surface area contributed by atoms with Crippen molar-refractivity contribution < 1.29 is 23.8 Å². The molecule has 1 saturated carbocycles. The SMILES string of the molecule is CN1C(=O)C2C(c3ccc([N+](=O)[O-])cc3)=C(NC3CCCCC3)OC2=[N+](C)C1=O. The summed E-state index contributed by atoms with van der Waals surface area (Å²) in [7, 11) is 3.02. The number of carbonyl (C=O) groups excluding carboxylic acids is 2. The monoisotopic (exact) mass is 399 g/mol. The molecular weight excluding hydrogens is 376 g/mol. The molecule has 0 saturated heterocycles. The van der Waals surface area contributed by atoms with Gasteiger partial charge in [-0.3, -0.25) is 10.1 Å². The van der Waals surface area contributed by atoms with E-state index in [9.17, 15) is 19.7 Å². The van der Waals surface area contributed by atoms with Crippen molar-refractivity contribution in [2.45, 2.75) is 38.1 Å². The standard InChI is InChI=1S/C20H23N4O5/c1-22-18(25)16-15(12-8-10-14(11-9-12)24(27)28)17(21-13-6-4-3-5-7-13)29-19(16)23(2)20(22)26/h8-11,13,16,21H,3-7H2,1-2H3/q+1. The largest absolute Gasteiger partial charge is 0.502 e. The topological polar surface area (TPSA) is 105 Å². The van der Waals surface area contributed by atoms with Crippen LogP contribution < -0.4 is 5.32 Å². The second-order valence-corrected chi connectivity index (χ2v) is 7.64. The zero-order chi connectivity index (χ0) is 20.7. The Bertz CT molecular complexity index is 944. The van der Waals surface area contributed by atoms with Gasteiger partial charge in [0.05, 0.1) is 19.0 Å². The van der Waals surface area contributed by atoms with Gasteiger partial charge in [-0.2, -0.15) is 14.3 Å². The van der Waals surface area contributed by atoms with E-state index in [1.54, 1.807) is 19.2 Å². The maximum absolute atomic E-state index is 13.0. The van der Waals surface area contributed by atoms with Crippen LogP contribution in [0.2, 0.25) is 0 Å². The lowest BCUT2D eigenvalue weighted by Gasteiger charge is -2.24. The van der Waals surface area contributed by atoms with Crippen LogP contribution in [0.5, 0.6) is 0 Å². The molecule has 9 heteroatoms. The molecule has 0 bridgehead atoms. The number of hydrogen-bond acceptors (Lipinski definition) is 6. The molecule has 29 heavy (non-hydrogen) atoms. The number of ether oxygens (including phenoxy) is 1. The molecule has 1 aromatic carbocycles. The number of imide groups is 1. The number of nitro benzene ring substituents is 1. The predicted molar refractivity (Wildman–Crippen MR) is 104 cm³/mol. The Labute approximate surface area is 167 Å². The number of hydrogen-bond donors (Lipinski definition) is 1. The maximum atomic E-state index is 13.0. The molecular formula is C20H23N4O5+. The number of urea groups is 1. The first-order valence-electron chi connectivity index (χ1n) is 9.74. The zero-order valence-electron chi connectivity index (χ0n) is 16.4. The Balaban J connectivity index is 1.79. The maximum Gasteiger partial charge on any atom is 0.502 e. The van der Waals surface area contributed by atoms with E-state index in [-0.39, 0.29) is 23.5 Å². The highest BCUT2D eigenvalue weighted by Gasteiger charge is 2.53. The molecule has 1 aromatic rings. The molecule has 3 aliphatic rings. The molecule has 1 N–H and O–H groups in total. The fourth-order valence-electron chi connectivity index (χ4n) is 4.17. The third-order valence-corrected chi connectivity index (χ3v) is 5.80. The minimum absolute atomic E-state index is 0.0290. The third kappa shape index (κ3) is 3.26. The van der Waals surface area contributed by atoms with Gasteiger partial charge in [-0.05, 0) is 30.5 Å². The Kier molecular flexibility index (Phi) is 4.81. The van der Waals surface area contributed by atoms with Gasteiger partial charge in [0.2, 0.25) is 5.88 Å². The Morgan fingerprint density at radius 1 is 1.17 bits per heavy atom. The normalized spacial score (nSPS) is 22.7. The van der Waals surface area contributed by atoms with Gasteiger partial charge in [0.1, 0.15) is 0 Å². The lowest BCUT2D eigenvalue weighted by atomic mass is 9.91. The average molecular weight is 399 g/mol. The fourth-order valence-corrected chi connectivity index (χ4v) is 4.17. The van der Waals surface area contributed by atoms with E-state index in [4.69, 9.17) is 4.74 Å². The number of nitrogens with zero attached hydrogens (tertiary/aromatic N) is 3. The van der Waals surface area contributed by atoms with Crippen LogP contribution in [0.3, 0.4) is 0 Å². The van der Waals surface area contributed by atoms with Crippen molar-refractivity contribution >= 4 is 29.1 Å². The van der Waals surface area contributed by atoms with Crippen LogP contribution in [-0.2, 0) is 9.53 Å². The van der Waals surface area contributed by atoms with Crippen molar-refractivity contribution in [3.05, 3.63) is 45.8 Å². The van der Waals surface area contributed by atoms with Crippen molar-refractivity contribution in [3.8, 4) is 0 Å². The van der Waals surface area contributed by atoms with Crippen LogP contribution in [0.15, 0.2) is 30.1 Å². The Hall–Kier alpha value is -3.23. The summed E-state index contributed by atoms with van der Waals surface area (Å²) in [4.78, 5) is 36.9. The summed E-state index contributed by atoms with van der Waals surface area (Å²) in [6.07, 6.45) is 5.45. The van der Waals surface area contributed by atoms with Gasteiger partial charge < -0.3 is 10.1 Å². The molecule has 9 nitrogen and oxygen atoms in total. The van der Waals surface area contributed by atoms with Gasteiger partial charge in [-0.15, -0.1) is 0 Å². The number of carbonyl (C=O) groups is 2. The molecule has 1 unspecified atom stereocenters. The quantitative estimate of drug-likeness (QED) is 0.474. The van der Waals surface area contributed by atoms with Crippen LogP contribution in [0.4, 0.5) is 10.5 Å². The number of non-ortho nitro benzene ring substituents is 1. The van der Waals surface area contributed by atoms with Crippen molar-refractivity contribution in [3.63, 3.8) is 0 Å². The van der Waals surface area contributed by atoms with E-state index in [0.29, 0.717) is 17.0 Å². The minimum Gasteiger partial charge on any atom is -0.408 e. The highest BCUT2D eigenvalue weighted by molar-refractivity contribution is 6.18. The summed E-state index contributed by atoms with van der Waals surface area (Å²) in [5.41, 5.74) is 1.23. The third-order valence-electron chi connectivity index (χ3n) is 5.80. The lowest BCUT2D eigenvalue weighted by molar-refractivity contribution is -0.416. The van der Waals surface area contributed by atoms with Gasteiger partial charge in [-0.25, -0.2) is 4.79 Å². The van der Waals surface area contributed by atoms with E-state index in [1.165, 1.54) is 30.2 Å². The van der Waals surface area contributed by atoms with Gasteiger partial charge in [-0.1, -0.05) is 19.3 Å². The molecule has 1 aliphatic carbocycles. The number of nitrogens with one attached hydrogen (secondary N) is 1. The molecule has 3 amide bonds. The molecule has 0 aromatic heterocycles. The van der Waals surface area contributed by atoms with Crippen molar-refractivity contribution in [2.75, 3.05) is 14.1 Å². The summed E-state index contributed by atoms with van der Waals surface area (Å²) >= 11 is 0. The molecule has 1 atom stereocenters. The van der Waals surface area contributed by atoms with E-state index in [1.807, 2.05) is 0 Å². The van der Waals surface area contributed by atoms with Crippen LogP contribution in [0.1, 0.15) is 37.7 Å². The molecule has 4 rings (SSSR count). The second kappa shape index (κ2) is 7.31. The number of fused-ring (bicyclic) bond motifs is 1. The van der Waals surface area contributed by atoms with Crippen molar-refractivity contribution in [1.29, 1.82) is 0 Å². The highest BCUT2D eigenvalue weighted by Crippen LogP contribution is 2.38. The number of nitro groups is 1. The molecule has 2 heterocycles. The van der Waals surface area contributed by atoms with Gasteiger partial charge >= 0.3 is 11.9 Å². The first-order valence-corrected chi connectivity index (χ1v) is 9.74. The van der Waals surface area contributed by atoms with Crippen molar-refractivity contribution in [2.24, 2.45) is 5.92 Å². The van der Waals surface area contributed by atoms with Crippen molar-refractivity contribution in [1.82, 2.24) is 10.2 Å². The van der Waals surface area contributed by atoms with Crippen LogP contribution in [-0.4, -0.2) is 52.4 Å². The van der Waals surface area contributed by atoms with E-state index in [2.05, 4.69) is 5.32 Å². The highest BCUT2D eigenvalue weighted by atomic mass is 16.6. The Morgan fingerprint density at radius 2 is 1.83 bits per heavy atom. The number of amides is 3. The summed E-state index contributed by atoms with van der Waals surface area (Å²) in [6.45, 7) is 0. The molecule has 1 fully saturated rings. The number of rotatable bonds is 4. The van der Waals surface area contributed by atoms with E-state index >= 15 is 0 Å². The number of benzene rings is 1. The van der Waals surface area contributed by atoms with E-state index in [0.717, 1.165) is 30.6 Å². The molecule has 0 spiro atoms. The zero-order valence-corrected chi connectivity index (χ0v) is 16.4. The average Bonchev–Trinajstić information content (AvgIpc) is 3.10. The predicted octanol–water partition coefficient (Wildman–Crippen LogP) is 2.46. The van der Waals surface area contributed by atoms with Crippen LogP contribution >= 0.6 is 0 Å². The molecule has 152 valence electrons. The van der Waals surface area contributed by atoms with Gasteiger partial charge in [0.15, 0.2) is 5.92 Å². The van der Waals surface area contributed by atoms with Crippen LogP contribution in [0, 0.1) is 16.0 Å². The van der Waals surface area contributed by atoms with Gasteiger partial charge in [0, 0.05) is 23.7 Å². The fraction of sp³-hybridized carbons (Fsp3) is 0.450. The lowest BCUT2D eigenvalue weighted by Crippen LogP contribution is -2.51. The first-order chi connectivity index (χ1) is 13.9.